The molecular formula is C25H25ClN4O3. The van der Waals surface area contributed by atoms with Crippen molar-refractivity contribution in [2.45, 2.75) is 38.7 Å². The molecular weight excluding hydrogens is 440 g/mol. The molecule has 0 bridgehead atoms. The number of para-hydroxylation sites is 1. The maximum atomic E-state index is 9.94. The number of nitrogens with one attached hydrogen (secondary N) is 1. The lowest BCUT2D eigenvalue weighted by atomic mass is 9.78. The van der Waals surface area contributed by atoms with Gasteiger partial charge in [-0.2, -0.15) is 5.26 Å². The highest BCUT2D eigenvalue weighted by molar-refractivity contribution is 6.32. The van der Waals surface area contributed by atoms with Gasteiger partial charge in [-0.3, -0.25) is 5.10 Å². The van der Waals surface area contributed by atoms with Gasteiger partial charge in [0.05, 0.1) is 23.6 Å². The van der Waals surface area contributed by atoms with Gasteiger partial charge in [0.15, 0.2) is 0 Å². The Balaban J connectivity index is 1.80. The van der Waals surface area contributed by atoms with Crippen molar-refractivity contribution < 1.29 is 14.2 Å². The Kier molecular flexibility index (Phi) is 5.96. The number of benzene rings is 2. The van der Waals surface area contributed by atoms with Crippen LogP contribution in [0.15, 0.2) is 53.9 Å². The minimum Gasteiger partial charge on any atom is -0.496 e. The molecule has 2 aromatic carbocycles. The molecule has 0 saturated carbocycles. The number of aromatic amines is 1. The van der Waals surface area contributed by atoms with E-state index in [1.54, 1.807) is 13.2 Å². The number of nitrogens with two attached hydrogens (primary N) is 1. The molecule has 3 aromatic rings. The highest BCUT2D eigenvalue weighted by Gasteiger charge is 2.38. The fourth-order valence-corrected chi connectivity index (χ4v) is 4.15. The van der Waals surface area contributed by atoms with E-state index in [0.29, 0.717) is 28.0 Å². The van der Waals surface area contributed by atoms with Crippen molar-refractivity contribution in [3.05, 3.63) is 81.3 Å². The summed E-state index contributed by atoms with van der Waals surface area (Å²) in [6.07, 6.45) is 0. The molecule has 0 amide bonds. The Labute approximate surface area is 197 Å². The van der Waals surface area contributed by atoms with Crippen molar-refractivity contribution in [2.24, 2.45) is 5.73 Å². The molecule has 8 heteroatoms. The number of methoxy groups -OCH3 is 1. The van der Waals surface area contributed by atoms with E-state index < -0.39 is 5.92 Å². The second-order valence-electron chi connectivity index (χ2n) is 8.78. The predicted molar refractivity (Wildman–Crippen MR) is 125 cm³/mol. The van der Waals surface area contributed by atoms with Gasteiger partial charge in [0.2, 0.25) is 11.8 Å². The summed E-state index contributed by atoms with van der Waals surface area (Å²) in [7, 11) is 1.60. The maximum Gasteiger partial charge on any atom is 0.244 e. The normalized spacial score (nSPS) is 15.5. The van der Waals surface area contributed by atoms with Crippen molar-refractivity contribution in [1.29, 1.82) is 5.26 Å². The van der Waals surface area contributed by atoms with Crippen LogP contribution in [0.1, 0.15) is 49.1 Å². The Hall–Kier alpha value is -3.63. The number of allylic oxidation sites excluding steroid dienone is 1. The minimum atomic E-state index is -0.448. The largest absolute Gasteiger partial charge is 0.496 e. The number of fused-ring (bicyclic) bond motifs is 1. The molecule has 1 aliphatic heterocycles. The van der Waals surface area contributed by atoms with Gasteiger partial charge in [-0.1, -0.05) is 50.6 Å². The summed E-state index contributed by atoms with van der Waals surface area (Å²) in [4.78, 5) is 0. The van der Waals surface area contributed by atoms with Crippen molar-refractivity contribution in [3.63, 3.8) is 0 Å². The first-order valence-corrected chi connectivity index (χ1v) is 10.8. The van der Waals surface area contributed by atoms with Crippen LogP contribution in [0.5, 0.6) is 17.4 Å². The Bertz CT molecular complexity index is 1270. The van der Waals surface area contributed by atoms with Gasteiger partial charge in [0, 0.05) is 16.7 Å². The molecule has 1 atom stereocenters. The third-order valence-electron chi connectivity index (χ3n) is 5.55. The SMILES string of the molecule is COc1ccc([C@@H]2C(C#N)=C(N)Oc3n[nH]c(C(C)(C)C)c32)cc1COc1ccccc1Cl. The number of H-pyrrole nitrogens is 1. The Morgan fingerprint density at radius 3 is 2.64 bits per heavy atom. The van der Waals surface area contributed by atoms with Crippen molar-refractivity contribution in [1.82, 2.24) is 10.2 Å². The van der Waals surface area contributed by atoms with Crippen LogP contribution < -0.4 is 19.9 Å². The smallest absolute Gasteiger partial charge is 0.244 e. The van der Waals surface area contributed by atoms with Gasteiger partial charge in [-0.05, 0) is 29.8 Å². The fourth-order valence-electron chi connectivity index (χ4n) is 3.96. The van der Waals surface area contributed by atoms with Crippen LogP contribution in [0.2, 0.25) is 5.02 Å². The second kappa shape index (κ2) is 8.72. The van der Waals surface area contributed by atoms with Gasteiger partial charge in [0.25, 0.3) is 0 Å². The molecule has 0 saturated heterocycles. The standard InChI is InChI=1S/C25H25ClN4O3/c1-25(2,3)22-21-20(16(12-27)23(28)33-24(21)30-29-22)14-9-10-18(31-4)15(11-14)13-32-19-8-6-5-7-17(19)26/h5-11,20H,13,28H2,1-4H3,(H,29,30)/t20-/m1/s1. The van der Waals surface area contributed by atoms with Crippen LogP contribution in [0.25, 0.3) is 0 Å². The molecule has 170 valence electrons. The monoisotopic (exact) mass is 464 g/mol. The first-order valence-electron chi connectivity index (χ1n) is 10.4. The predicted octanol–water partition coefficient (Wildman–Crippen LogP) is 5.17. The van der Waals surface area contributed by atoms with Gasteiger partial charge < -0.3 is 19.9 Å². The van der Waals surface area contributed by atoms with Gasteiger partial charge >= 0.3 is 0 Å². The summed E-state index contributed by atoms with van der Waals surface area (Å²) in [6, 6.07) is 15.3. The summed E-state index contributed by atoms with van der Waals surface area (Å²) >= 11 is 6.24. The zero-order valence-corrected chi connectivity index (χ0v) is 19.7. The highest BCUT2D eigenvalue weighted by atomic mass is 35.5. The molecule has 7 nitrogen and oxygen atoms in total. The zero-order chi connectivity index (χ0) is 23.8. The van der Waals surface area contributed by atoms with E-state index in [1.165, 1.54) is 0 Å². The van der Waals surface area contributed by atoms with Gasteiger partial charge in [0.1, 0.15) is 29.7 Å². The number of nitriles is 1. The summed E-state index contributed by atoms with van der Waals surface area (Å²) in [5.74, 6) is 1.22. The van der Waals surface area contributed by atoms with E-state index in [0.717, 1.165) is 22.4 Å². The van der Waals surface area contributed by atoms with Crippen LogP contribution in [-0.4, -0.2) is 17.3 Å². The third-order valence-corrected chi connectivity index (χ3v) is 5.86. The number of nitrogens with zero attached hydrogens (tertiary/aromatic N) is 2. The van der Waals surface area contributed by atoms with Crippen LogP contribution in [0.3, 0.4) is 0 Å². The van der Waals surface area contributed by atoms with Crippen LogP contribution in [-0.2, 0) is 12.0 Å². The van der Waals surface area contributed by atoms with Crippen molar-refractivity contribution in [3.8, 4) is 23.4 Å². The van der Waals surface area contributed by atoms with E-state index in [-0.39, 0.29) is 17.9 Å². The molecule has 0 unspecified atom stereocenters. The van der Waals surface area contributed by atoms with Crippen LogP contribution >= 0.6 is 11.6 Å². The summed E-state index contributed by atoms with van der Waals surface area (Å²) in [6.45, 7) is 6.45. The van der Waals surface area contributed by atoms with E-state index in [4.69, 9.17) is 31.5 Å². The van der Waals surface area contributed by atoms with Crippen molar-refractivity contribution >= 4 is 11.6 Å². The number of halogens is 1. The zero-order valence-electron chi connectivity index (χ0n) is 18.9. The average Bonchev–Trinajstić information content (AvgIpc) is 3.21. The summed E-state index contributed by atoms with van der Waals surface area (Å²) < 4.78 is 17.2. The molecule has 4 rings (SSSR count). The lowest BCUT2D eigenvalue weighted by Gasteiger charge is -2.28. The van der Waals surface area contributed by atoms with Crippen LogP contribution in [0, 0.1) is 11.3 Å². The molecule has 0 fully saturated rings. The summed E-state index contributed by atoms with van der Waals surface area (Å²) in [5, 5.41) is 17.9. The number of ether oxygens (including phenoxy) is 3. The first kappa shape index (κ1) is 22.6. The van der Waals surface area contributed by atoms with Crippen LogP contribution in [0.4, 0.5) is 0 Å². The fraction of sp³-hybridized carbons (Fsp3) is 0.280. The molecule has 33 heavy (non-hydrogen) atoms. The topological polar surface area (TPSA) is 106 Å². The van der Waals surface area contributed by atoms with Gasteiger partial charge in [-0.15, -0.1) is 5.10 Å². The Morgan fingerprint density at radius 2 is 1.97 bits per heavy atom. The second-order valence-corrected chi connectivity index (χ2v) is 9.19. The molecule has 1 aromatic heterocycles. The molecule has 0 aliphatic carbocycles. The molecule has 3 N–H and O–H groups in total. The molecule has 0 radical (unpaired) electrons. The molecule has 1 aliphatic rings. The Morgan fingerprint density at radius 1 is 1.21 bits per heavy atom. The number of hydrogen-bond donors (Lipinski definition) is 2. The van der Waals surface area contributed by atoms with E-state index in [9.17, 15) is 5.26 Å². The molecule has 2 heterocycles. The van der Waals surface area contributed by atoms with Crippen molar-refractivity contribution in [2.75, 3.05) is 7.11 Å². The summed E-state index contributed by atoms with van der Waals surface area (Å²) in [5.41, 5.74) is 9.53. The highest BCUT2D eigenvalue weighted by Crippen LogP contribution is 2.46. The van der Waals surface area contributed by atoms with E-state index >= 15 is 0 Å². The number of rotatable bonds is 5. The third kappa shape index (κ3) is 4.22. The van der Waals surface area contributed by atoms with E-state index in [2.05, 4.69) is 37.0 Å². The lowest BCUT2D eigenvalue weighted by Crippen LogP contribution is -2.24. The average molecular weight is 465 g/mol. The molecule has 0 spiro atoms. The van der Waals surface area contributed by atoms with E-state index in [1.807, 2.05) is 36.4 Å². The quantitative estimate of drug-likeness (QED) is 0.539. The maximum absolute atomic E-state index is 9.94. The minimum absolute atomic E-state index is 0.0478. The first-order chi connectivity index (χ1) is 15.7. The number of aromatic nitrogens is 2. The lowest BCUT2D eigenvalue weighted by molar-refractivity contribution is 0.296. The van der Waals surface area contributed by atoms with Gasteiger partial charge in [-0.25, -0.2) is 0 Å². The number of hydrogen-bond acceptors (Lipinski definition) is 6.